The minimum absolute atomic E-state index is 0.203. The van der Waals surface area contributed by atoms with Crippen LogP contribution in [0.5, 0.6) is 0 Å². The Morgan fingerprint density at radius 2 is 1.92 bits per heavy atom. The number of piperidine rings is 1. The number of nitrogens with zero attached hydrogens (tertiary/aromatic N) is 1. The van der Waals surface area contributed by atoms with E-state index >= 15 is 0 Å². The molecular weight excluding hydrogens is 154 g/mol. The van der Waals surface area contributed by atoms with Gasteiger partial charge in [-0.15, -0.1) is 0 Å². The van der Waals surface area contributed by atoms with Gasteiger partial charge in [0.25, 0.3) is 0 Å². The van der Waals surface area contributed by atoms with E-state index in [1.807, 2.05) is 4.90 Å². The largest absolute Gasteiger partial charge is 0.480 e. The number of likely N-dealkylation sites (tertiary alicyclic amines) is 1. The van der Waals surface area contributed by atoms with E-state index in [0.717, 1.165) is 13.1 Å². The van der Waals surface area contributed by atoms with Crippen molar-refractivity contribution in [3.63, 3.8) is 0 Å². The first-order chi connectivity index (χ1) is 5.58. The minimum Gasteiger partial charge on any atom is -0.480 e. The molecule has 1 aliphatic heterocycles. The molecule has 1 saturated heterocycles. The molecule has 0 saturated carbocycles. The molecular formula is C9H17NO2. The highest BCUT2D eigenvalue weighted by Crippen LogP contribution is 2.20. The first-order valence-corrected chi connectivity index (χ1v) is 4.52. The molecule has 0 radical (unpaired) electrons. The van der Waals surface area contributed by atoms with E-state index in [2.05, 4.69) is 13.8 Å². The minimum atomic E-state index is -0.712. The van der Waals surface area contributed by atoms with Crippen molar-refractivity contribution in [1.29, 1.82) is 0 Å². The number of aliphatic carboxylic acids is 1. The molecule has 0 aliphatic carbocycles. The maximum atomic E-state index is 10.4. The van der Waals surface area contributed by atoms with Crippen molar-refractivity contribution >= 4 is 5.97 Å². The van der Waals surface area contributed by atoms with Gasteiger partial charge < -0.3 is 5.11 Å². The molecule has 3 heteroatoms. The summed E-state index contributed by atoms with van der Waals surface area (Å²) in [7, 11) is 0. The lowest BCUT2D eigenvalue weighted by Gasteiger charge is -2.33. The number of carboxylic acid groups (broad SMARTS) is 1. The van der Waals surface area contributed by atoms with Gasteiger partial charge in [-0.2, -0.15) is 0 Å². The van der Waals surface area contributed by atoms with Gasteiger partial charge in [-0.05, 0) is 18.3 Å². The summed E-state index contributed by atoms with van der Waals surface area (Å²) >= 11 is 0. The van der Waals surface area contributed by atoms with Crippen LogP contribution in [0.3, 0.4) is 0 Å². The molecule has 0 aromatic carbocycles. The van der Waals surface area contributed by atoms with Crippen LogP contribution in [0.4, 0.5) is 0 Å². The zero-order valence-electron chi connectivity index (χ0n) is 7.79. The molecule has 3 nitrogen and oxygen atoms in total. The van der Waals surface area contributed by atoms with Gasteiger partial charge in [-0.1, -0.05) is 13.8 Å². The molecule has 1 fully saturated rings. The number of carboxylic acids is 1. The van der Waals surface area contributed by atoms with E-state index in [0.29, 0.717) is 11.8 Å². The van der Waals surface area contributed by atoms with Crippen LogP contribution in [0, 0.1) is 11.8 Å². The fourth-order valence-corrected chi connectivity index (χ4v) is 2.11. The molecule has 0 spiro atoms. The Labute approximate surface area is 73.4 Å². The van der Waals surface area contributed by atoms with Crippen LogP contribution in [-0.4, -0.2) is 35.6 Å². The van der Waals surface area contributed by atoms with Gasteiger partial charge in [0.1, 0.15) is 0 Å². The molecule has 0 unspecified atom stereocenters. The highest BCUT2D eigenvalue weighted by atomic mass is 16.4. The van der Waals surface area contributed by atoms with Gasteiger partial charge >= 0.3 is 5.97 Å². The van der Waals surface area contributed by atoms with Crippen LogP contribution in [-0.2, 0) is 4.79 Å². The topological polar surface area (TPSA) is 40.5 Å². The van der Waals surface area contributed by atoms with E-state index in [4.69, 9.17) is 5.11 Å². The average Bonchev–Trinajstić information content (AvgIpc) is 1.81. The highest BCUT2D eigenvalue weighted by Gasteiger charge is 2.22. The summed E-state index contributed by atoms with van der Waals surface area (Å²) in [4.78, 5) is 12.5. The van der Waals surface area contributed by atoms with Crippen LogP contribution >= 0.6 is 0 Å². The van der Waals surface area contributed by atoms with Crippen molar-refractivity contribution in [2.24, 2.45) is 11.8 Å². The van der Waals surface area contributed by atoms with Gasteiger partial charge in [0.2, 0.25) is 0 Å². The number of hydrogen-bond donors (Lipinski definition) is 1. The Hall–Kier alpha value is -0.570. The Balaban J connectivity index is 2.38. The second-order valence-corrected chi connectivity index (χ2v) is 4.03. The Kier molecular flexibility index (Phi) is 3.09. The molecule has 0 aromatic rings. The van der Waals surface area contributed by atoms with Gasteiger partial charge in [-0.25, -0.2) is 0 Å². The monoisotopic (exact) mass is 171 g/mol. The standard InChI is InChI=1S/C9H17NO2/c1-7-3-8(2)5-10(4-7)6-9(11)12/h7-8H,3-6H2,1-2H3,(H,11,12)/t7-,8-/m0/s1. The second kappa shape index (κ2) is 3.90. The molecule has 0 aromatic heterocycles. The summed E-state index contributed by atoms with van der Waals surface area (Å²) < 4.78 is 0. The molecule has 1 aliphatic rings. The van der Waals surface area contributed by atoms with Gasteiger partial charge in [0.05, 0.1) is 6.54 Å². The maximum Gasteiger partial charge on any atom is 0.317 e. The maximum absolute atomic E-state index is 10.4. The Bertz CT molecular complexity index is 160. The quantitative estimate of drug-likeness (QED) is 0.675. The molecule has 1 rings (SSSR count). The van der Waals surface area contributed by atoms with Crippen LogP contribution < -0.4 is 0 Å². The summed E-state index contributed by atoms with van der Waals surface area (Å²) in [5.74, 6) is 0.581. The van der Waals surface area contributed by atoms with Crippen LogP contribution in [0.2, 0.25) is 0 Å². The molecule has 0 bridgehead atoms. The third-order valence-corrected chi connectivity index (χ3v) is 2.30. The number of hydrogen-bond acceptors (Lipinski definition) is 2. The highest BCUT2D eigenvalue weighted by molar-refractivity contribution is 5.69. The number of rotatable bonds is 2. The predicted octanol–water partition coefficient (Wildman–Crippen LogP) is 1.05. The molecule has 2 atom stereocenters. The van der Waals surface area contributed by atoms with Crippen LogP contribution in [0.25, 0.3) is 0 Å². The second-order valence-electron chi connectivity index (χ2n) is 4.03. The van der Waals surface area contributed by atoms with Crippen molar-refractivity contribution in [1.82, 2.24) is 4.90 Å². The Morgan fingerprint density at radius 1 is 1.42 bits per heavy atom. The first-order valence-electron chi connectivity index (χ1n) is 4.52. The van der Waals surface area contributed by atoms with E-state index in [9.17, 15) is 4.79 Å². The molecule has 1 heterocycles. The molecule has 12 heavy (non-hydrogen) atoms. The van der Waals surface area contributed by atoms with Crippen molar-refractivity contribution < 1.29 is 9.90 Å². The summed E-state index contributed by atoms with van der Waals surface area (Å²) in [6.07, 6.45) is 1.23. The summed E-state index contributed by atoms with van der Waals surface area (Å²) in [6.45, 7) is 6.46. The smallest absolute Gasteiger partial charge is 0.317 e. The van der Waals surface area contributed by atoms with Crippen molar-refractivity contribution in [3.8, 4) is 0 Å². The van der Waals surface area contributed by atoms with Crippen LogP contribution in [0.1, 0.15) is 20.3 Å². The summed E-state index contributed by atoms with van der Waals surface area (Å²) in [5, 5.41) is 8.60. The first kappa shape index (κ1) is 9.52. The lowest BCUT2D eigenvalue weighted by Crippen LogP contribution is -2.41. The SMILES string of the molecule is C[C@H]1C[C@H](C)CN(CC(=O)O)C1. The fourth-order valence-electron chi connectivity index (χ4n) is 2.11. The van der Waals surface area contributed by atoms with Crippen LogP contribution in [0.15, 0.2) is 0 Å². The average molecular weight is 171 g/mol. The molecule has 70 valence electrons. The zero-order valence-corrected chi connectivity index (χ0v) is 7.79. The molecule has 1 N–H and O–H groups in total. The van der Waals surface area contributed by atoms with Gasteiger partial charge in [-0.3, -0.25) is 9.69 Å². The summed E-state index contributed by atoms with van der Waals surface area (Å²) in [6, 6.07) is 0. The van der Waals surface area contributed by atoms with E-state index < -0.39 is 5.97 Å². The lowest BCUT2D eigenvalue weighted by atomic mass is 9.92. The third kappa shape index (κ3) is 2.81. The van der Waals surface area contributed by atoms with E-state index in [-0.39, 0.29) is 6.54 Å². The summed E-state index contributed by atoms with van der Waals surface area (Å²) in [5.41, 5.74) is 0. The predicted molar refractivity (Wildman–Crippen MR) is 47.0 cm³/mol. The zero-order chi connectivity index (χ0) is 9.14. The normalized spacial score (nSPS) is 31.8. The van der Waals surface area contributed by atoms with Gasteiger partial charge in [0, 0.05) is 13.1 Å². The van der Waals surface area contributed by atoms with Gasteiger partial charge in [0.15, 0.2) is 0 Å². The molecule has 0 amide bonds. The van der Waals surface area contributed by atoms with E-state index in [1.54, 1.807) is 0 Å². The fraction of sp³-hybridized carbons (Fsp3) is 0.889. The van der Waals surface area contributed by atoms with Crippen molar-refractivity contribution in [3.05, 3.63) is 0 Å². The Morgan fingerprint density at radius 3 is 2.33 bits per heavy atom. The lowest BCUT2D eigenvalue weighted by molar-refractivity contribution is -0.138. The van der Waals surface area contributed by atoms with Crippen molar-refractivity contribution in [2.45, 2.75) is 20.3 Å². The number of carbonyl (C=O) groups is 1. The third-order valence-electron chi connectivity index (χ3n) is 2.30. The van der Waals surface area contributed by atoms with Crippen molar-refractivity contribution in [2.75, 3.05) is 19.6 Å². The van der Waals surface area contributed by atoms with E-state index in [1.165, 1.54) is 6.42 Å².